The highest BCUT2D eigenvalue weighted by atomic mass is 16.5. The standard InChI is InChI=1S/C28H36N8O3/c1-16-7-8-21-24(31-16)28(2,3)15-36(21)25-18(26(37)38)13-30-27(33-25)32-20-11-19(29)22(12-23(20)39-6)35-10-9-17(14-35)34(4)5/h7-8,11-13,17H,9-10,14-15,29H2,1-6H3,(H,37,38)(H,30,32,33)/t17-/m0/s1. The van der Waals surface area contributed by atoms with Crippen molar-refractivity contribution in [3.05, 3.63) is 47.4 Å². The van der Waals surface area contributed by atoms with Gasteiger partial charge in [0.05, 0.1) is 35.6 Å². The monoisotopic (exact) mass is 532 g/mol. The number of anilines is 6. The van der Waals surface area contributed by atoms with Gasteiger partial charge in [0.15, 0.2) is 5.82 Å². The van der Waals surface area contributed by atoms with Gasteiger partial charge >= 0.3 is 5.97 Å². The third-order valence-corrected chi connectivity index (χ3v) is 7.58. The molecule has 11 nitrogen and oxygen atoms in total. The predicted octanol–water partition coefficient (Wildman–Crippen LogP) is 3.78. The molecule has 0 amide bonds. The van der Waals surface area contributed by atoms with E-state index >= 15 is 0 Å². The molecule has 2 aromatic heterocycles. The number of carboxylic acids is 1. The Morgan fingerprint density at radius 1 is 1.23 bits per heavy atom. The van der Waals surface area contributed by atoms with Crippen LogP contribution in [0.3, 0.4) is 0 Å². The van der Waals surface area contributed by atoms with E-state index in [0.717, 1.165) is 42.3 Å². The molecule has 3 aromatic rings. The van der Waals surface area contributed by atoms with Crippen LogP contribution in [0, 0.1) is 6.92 Å². The van der Waals surface area contributed by atoms with Crippen molar-refractivity contribution < 1.29 is 14.6 Å². The zero-order valence-electron chi connectivity index (χ0n) is 23.3. The summed E-state index contributed by atoms with van der Waals surface area (Å²) in [6, 6.07) is 8.09. The third kappa shape index (κ3) is 4.89. The van der Waals surface area contributed by atoms with E-state index in [1.807, 2.05) is 36.1 Å². The van der Waals surface area contributed by atoms with Crippen LogP contribution in [0.2, 0.25) is 0 Å². The Kier molecular flexibility index (Phi) is 6.71. The smallest absolute Gasteiger partial charge is 0.341 e. The number of benzene rings is 1. The van der Waals surface area contributed by atoms with Crippen LogP contribution in [0.5, 0.6) is 5.75 Å². The normalized spacial score (nSPS) is 18.0. The maximum Gasteiger partial charge on any atom is 0.341 e. The van der Waals surface area contributed by atoms with Crippen molar-refractivity contribution in [2.75, 3.05) is 61.7 Å². The molecular weight excluding hydrogens is 496 g/mol. The van der Waals surface area contributed by atoms with Gasteiger partial charge < -0.3 is 35.6 Å². The summed E-state index contributed by atoms with van der Waals surface area (Å²) in [6.07, 6.45) is 2.39. The minimum atomic E-state index is -1.10. The SMILES string of the molecule is COc1cc(N2CC[C@H](N(C)C)C2)c(N)cc1Nc1ncc(C(=O)O)c(N2CC(C)(C)c3nc(C)ccc32)n1. The number of nitrogens with one attached hydrogen (secondary N) is 1. The number of nitrogens with two attached hydrogens (primary N) is 1. The number of aryl methyl sites for hydroxylation is 1. The first kappa shape index (κ1) is 26.5. The van der Waals surface area contributed by atoms with E-state index in [1.165, 1.54) is 6.20 Å². The molecule has 0 aliphatic carbocycles. The van der Waals surface area contributed by atoms with E-state index in [2.05, 4.69) is 53.0 Å². The van der Waals surface area contributed by atoms with Crippen LogP contribution in [-0.2, 0) is 5.41 Å². The molecule has 4 heterocycles. The number of methoxy groups -OCH3 is 1. The maximum absolute atomic E-state index is 12.2. The number of nitrogen functional groups attached to an aromatic ring is 1. The number of likely N-dealkylation sites (N-methyl/N-ethyl adjacent to an activating group) is 1. The van der Waals surface area contributed by atoms with E-state index < -0.39 is 5.97 Å². The Balaban J connectivity index is 1.49. The van der Waals surface area contributed by atoms with Gasteiger partial charge in [-0.1, -0.05) is 13.8 Å². The van der Waals surface area contributed by atoms with E-state index in [1.54, 1.807) is 7.11 Å². The fourth-order valence-electron chi connectivity index (χ4n) is 5.43. The quantitative estimate of drug-likeness (QED) is 0.384. The number of aromatic carboxylic acids is 1. The Labute approximate surface area is 228 Å². The lowest BCUT2D eigenvalue weighted by molar-refractivity contribution is 0.0697. The number of hydrogen-bond acceptors (Lipinski definition) is 10. The lowest BCUT2D eigenvalue weighted by Gasteiger charge is -2.25. The maximum atomic E-state index is 12.2. The number of carbonyl (C=O) groups is 1. The number of fused-ring (bicyclic) bond motifs is 1. The summed E-state index contributed by atoms with van der Waals surface area (Å²) < 4.78 is 5.70. The van der Waals surface area contributed by atoms with Crippen LogP contribution in [0.4, 0.5) is 34.5 Å². The molecule has 0 unspecified atom stereocenters. The van der Waals surface area contributed by atoms with Crippen LogP contribution in [0.15, 0.2) is 30.5 Å². The minimum absolute atomic E-state index is 0.0103. The summed E-state index contributed by atoms with van der Waals surface area (Å²) in [4.78, 5) is 32.3. The van der Waals surface area contributed by atoms with Gasteiger partial charge in [-0.2, -0.15) is 4.98 Å². The van der Waals surface area contributed by atoms with Crippen LogP contribution in [-0.4, -0.2) is 77.8 Å². The fourth-order valence-corrected chi connectivity index (χ4v) is 5.43. The summed E-state index contributed by atoms with van der Waals surface area (Å²) in [5, 5.41) is 13.2. The highest BCUT2D eigenvalue weighted by Crippen LogP contribution is 2.44. The van der Waals surface area contributed by atoms with Gasteiger partial charge in [-0.05, 0) is 45.6 Å². The fraction of sp³-hybridized carbons (Fsp3) is 0.429. The molecule has 206 valence electrons. The van der Waals surface area contributed by atoms with E-state index in [-0.39, 0.29) is 16.9 Å². The molecule has 0 saturated carbocycles. The Morgan fingerprint density at radius 3 is 2.67 bits per heavy atom. The van der Waals surface area contributed by atoms with Gasteiger partial charge in [0.2, 0.25) is 5.95 Å². The van der Waals surface area contributed by atoms with Gasteiger partial charge in [0.1, 0.15) is 11.3 Å². The van der Waals surface area contributed by atoms with Crippen molar-refractivity contribution in [3.63, 3.8) is 0 Å². The first-order valence-corrected chi connectivity index (χ1v) is 13.0. The van der Waals surface area contributed by atoms with Crippen molar-refractivity contribution in [2.24, 2.45) is 0 Å². The second kappa shape index (κ2) is 9.88. The topological polar surface area (TPSA) is 133 Å². The third-order valence-electron chi connectivity index (χ3n) is 7.58. The highest BCUT2D eigenvalue weighted by molar-refractivity contribution is 5.95. The molecule has 0 bridgehead atoms. The first-order chi connectivity index (χ1) is 18.5. The number of ether oxygens (including phenoxy) is 1. The minimum Gasteiger partial charge on any atom is -0.494 e. The number of rotatable bonds is 7. The molecule has 1 fully saturated rings. The molecule has 1 aromatic carbocycles. The second-order valence-electron chi connectivity index (χ2n) is 11.1. The molecular formula is C28H36N8O3. The number of nitrogens with zero attached hydrogens (tertiary/aromatic N) is 6. The molecule has 1 saturated heterocycles. The molecule has 2 aliphatic rings. The summed E-state index contributed by atoms with van der Waals surface area (Å²) >= 11 is 0. The van der Waals surface area contributed by atoms with E-state index in [9.17, 15) is 9.90 Å². The van der Waals surface area contributed by atoms with Gasteiger partial charge in [-0.15, -0.1) is 0 Å². The van der Waals surface area contributed by atoms with Gasteiger partial charge in [-0.25, -0.2) is 9.78 Å². The average molecular weight is 533 g/mol. The summed E-state index contributed by atoms with van der Waals surface area (Å²) in [6.45, 7) is 8.46. The van der Waals surface area contributed by atoms with Gasteiger partial charge in [0, 0.05) is 49.0 Å². The van der Waals surface area contributed by atoms with Crippen molar-refractivity contribution >= 4 is 40.5 Å². The second-order valence-corrected chi connectivity index (χ2v) is 11.1. The van der Waals surface area contributed by atoms with Crippen LogP contribution >= 0.6 is 0 Å². The zero-order valence-corrected chi connectivity index (χ0v) is 23.3. The molecule has 1 atom stereocenters. The zero-order chi connectivity index (χ0) is 28.1. The first-order valence-electron chi connectivity index (χ1n) is 13.0. The molecule has 0 radical (unpaired) electrons. The van der Waals surface area contributed by atoms with Crippen molar-refractivity contribution in [3.8, 4) is 5.75 Å². The Morgan fingerprint density at radius 2 is 2.00 bits per heavy atom. The summed E-state index contributed by atoms with van der Waals surface area (Å²) in [5.41, 5.74) is 11.0. The summed E-state index contributed by atoms with van der Waals surface area (Å²) in [7, 11) is 5.79. The van der Waals surface area contributed by atoms with Crippen LogP contribution in [0.1, 0.15) is 42.0 Å². The molecule has 11 heteroatoms. The molecule has 39 heavy (non-hydrogen) atoms. The highest BCUT2D eigenvalue weighted by Gasteiger charge is 2.39. The Bertz CT molecular complexity index is 1420. The average Bonchev–Trinajstić information content (AvgIpc) is 3.47. The van der Waals surface area contributed by atoms with Gasteiger partial charge in [0.25, 0.3) is 0 Å². The van der Waals surface area contributed by atoms with E-state index in [0.29, 0.717) is 35.5 Å². The van der Waals surface area contributed by atoms with Crippen molar-refractivity contribution in [1.29, 1.82) is 0 Å². The number of aromatic nitrogens is 3. The number of hydrogen-bond donors (Lipinski definition) is 3. The van der Waals surface area contributed by atoms with Crippen molar-refractivity contribution in [2.45, 2.75) is 38.6 Å². The lowest BCUT2D eigenvalue weighted by Crippen LogP contribution is -2.31. The molecule has 4 N–H and O–H groups in total. The number of pyridine rings is 1. The number of carboxylic acid groups (broad SMARTS) is 1. The van der Waals surface area contributed by atoms with Crippen LogP contribution in [0.25, 0.3) is 0 Å². The predicted molar refractivity (Wildman–Crippen MR) is 153 cm³/mol. The molecule has 5 rings (SSSR count). The molecule has 2 aliphatic heterocycles. The largest absolute Gasteiger partial charge is 0.494 e. The Hall–Kier alpha value is -4.12. The van der Waals surface area contributed by atoms with Gasteiger partial charge in [-0.3, -0.25) is 4.98 Å². The lowest BCUT2D eigenvalue weighted by atomic mass is 9.91. The molecule has 0 spiro atoms. The van der Waals surface area contributed by atoms with Crippen LogP contribution < -0.4 is 25.6 Å². The van der Waals surface area contributed by atoms with Crippen molar-refractivity contribution in [1.82, 2.24) is 19.9 Å². The van der Waals surface area contributed by atoms with E-state index in [4.69, 9.17) is 15.5 Å². The summed E-state index contributed by atoms with van der Waals surface area (Å²) in [5.74, 6) is 0.0245.